The van der Waals surface area contributed by atoms with Gasteiger partial charge in [0.2, 0.25) is 0 Å². The van der Waals surface area contributed by atoms with Gasteiger partial charge in [-0.2, -0.15) is 26.3 Å². The summed E-state index contributed by atoms with van der Waals surface area (Å²) < 4.78 is 133. The second-order valence-corrected chi connectivity index (χ2v) is 7.83. The Labute approximate surface area is 167 Å². The summed E-state index contributed by atoms with van der Waals surface area (Å²) in [5.74, 6) is -21.6. The van der Waals surface area contributed by atoms with E-state index in [0.717, 1.165) is 12.3 Å². The quantitative estimate of drug-likeness (QED) is 0.215. The van der Waals surface area contributed by atoms with Crippen LogP contribution in [0, 0.1) is 10.1 Å². The number of nitro groups is 1. The van der Waals surface area contributed by atoms with Crippen LogP contribution in [0.1, 0.15) is 0 Å². The van der Waals surface area contributed by atoms with E-state index < -0.39 is 74.5 Å². The predicted molar refractivity (Wildman–Crippen MR) is 83.5 cm³/mol. The van der Waals surface area contributed by atoms with E-state index >= 15 is 0 Å². The van der Waals surface area contributed by atoms with Crippen molar-refractivity contribution in [2.75, 3.05) is 19.5 Å². The molecule has 0 radical (unpaired) electrons. The zero-order valence-electron chi connectivity index (χ0n) is 15.0. The van der Waals surface area contributed by atoms with Gasteiger partial charge in [-0.3, -0.25) is 10.1 Å². The molecule has 0 N–H and O–H groups in total. The summed E-state index contributed by atoms with van der Waals surface area (Å²) in [5.41, 5.74) is -0.982. The lowest BCUT2D eigenvalue weighted by Gasteiger charge is -2.31. The monoisotopic (exact) mass is 489 g/mol. The molecule has 17 heteroatoms. The van der Waals surface area contributed by atoms with Crippen molar-refractivity contribution in [1.29, 1.82) is 0 Å². The van der Waals surface area contributed by atoms with Crippen molar-refractivity contribution in [3.8, 4) is 5.75 Å². The molecule has 0 aliphatic rings. The van der Waals surface area contributed by atoms with Gasteiger partial charge in [-0.15, -0.1) is 0 Å². The molecule has 176 valence electrons. The molecule has 0 aliphatic carbocycles. The van der Waals surface area contributed by atoms with E-state index in [0.29, 0.717) is 12.1 Å². The summed E-state index contributed by atoms with van der Waals surface area (Å²) in [4.78, 5) is 20.7. The number of esters is 1. The summed E-state index contributed by atoms with van der Waals surface area (Å²) in [6.45, 7) is -4.18. The van der Waals surface area contributed by atoms with Crippen LogP contribution in [0.5, 0.6) is 5.75 Å². The zero-order valence-corrected chi connectivity index (χ0v) is 15.8. The number of hydrogen-bond acceptors (Lipinski definition) is 7. The number of carbonyl (C=O) groups is 1. The Morgan fingerprint density at radius 2 is 1.71 bits per heavy atom. The van der Waals surface area contributed by atoms with Crippen LogP contribution in [0.3, 0.4) is 0 Å². The van der Waals surface area contributed by atoms with E-state index in [2.05, 4.69) is 9.47 Å². The highest BCUT2D eigenvalue weighted by Crippen LogP contribution is 2.48. The van der Waals surface area contributed by atoms with Crippen molar-refractivity contribution < 1.29 is 62.7 Å². The van der Waals surface area contributed by atoms with Gasteiger partial charge in [0.1, 0.15) is 0 Å². The number of ether oxygens (including phenoxy) is 2. The van der Waals surface area contributed by atoms with Gasteiger partial charge in [-0.25, -0.2) is 22.0 Å². The van der Waals surface area contributed by atoms with Crippen molar-refractivity contribution in [3.05, 3.63) is 28.3 Å². The number of benzene rings is 1. The fraction of sp³-hybridized carbons (Fsp3) is 0.500. The SMILES string of the molecule is CS(=O)(=O)c1ccc(OCC(=O)OCC(F)(F)C(F)(F)C(F)(F)C(F)F)c([N+](=O)[O-])c1. The molecule has 31 heavy (non-hydrogen) atoms. The van der Waals surface area contributed by atoms with Crippen LogP contribution in [0.4, 0.5) is 40.8 Å². The Bertz CT molecular complexity index is 952. The minimum absolute atomic E-state index is 0.518. The van der Waals surface area contributed by atoms with Gasteiger partial charge in [0.05, 0.1) is 9.82 Å². The van der Waals surface area contributed by atoms with Crippen LogP contribution in [0.25, 0.3) is 0 Å². The topological polar surface area (TPSA) is 113 Å². The van der Waals surface area contributed by atoms with Crippen molar-refractivity contribution in [3.63, 3.8) is 0 Å². The van der Waals surface area contributed by atoms with Gasteiger partial charge < -0.3 is 9.47 Å². The highest BCUT2D eigenvalue weighted by atomic mass is 32.2. The fourth-order valence-corrected chi connectivity index (χ4v) is 2.45. The third-order valence-electron chi connectivity index (χ3n) is 3.47. The summed E-state index contributed by atoms with van der Waals surface area (Å²) in [5, 5.41) is 11.0. The maximum atomic E-state index is 13.3. The van der Waals surface area contributed by atoms with Gasteiger partial charge in [0.25, 0.3) is 0 Å². The molecular formula is C14H11F8NO7S. The number of halogens is 8. The number of nitrogens with zero attached hydrogens (tertiary/aromatic N) is 1. The number of rotatable bonds is 10. The van der Waals surface area contributed by atoms with Gasteiger partial charge in [0.15, 0.2) is 28.8 Å². The average Bonchev–Trinajstić information content (AvgIpc) is 2.63. The Hall–Kier alpha value is -2.72. The molecule has 0 aromatic heterocycles. The lowest BCUT2D eigenvalue weighted by atomic mass is 10.1. The van der Waals surface area contributed by atoms with E-state index in [1.807, 2.05) is 0 Å². The Kier molecular flexibility index (Phi) is 7.47. The van der Waals surface area contributed by atoms with Gasteiger partial charge in [-0.05, 0) is 12.1 Å². The summed E-state index contributed by atoms with van der Waals surface area (Å²) in [6.07, 6.45) is -4.43. The van der Waals surface area contributed by atoms with E-state index in [-0.39, 0.29) is 0 Å². The van der Waals surface area contributed by atoms with E-state index in [1.54, 1.807) is 0 Å². The Balaban J connectivity index is 2.88. The van der Waals surface area contributed by atoms with Crippen molar-refractivity contribution >= 4 is 21.5 Å². The first kappa shape index (κ1) is 26.3. The van der Waals surface area contributed by atoms with Crippen LogP contribution in [-0.4, -0.2) is 63.0 Å². The molecule has 0 saturated heterocycles. The van der Waals surface area contributed by atoms with E-state index in [9.17, 15) is 58.4 Å². The van der Waals surface area contributed by atoms with E-state index in [4.69, 9.17) is 0 Å². The van der Waals surface area contributed by atoms with Crippen LogP contribution in [0.15, 0.2) is 23.1 Å². The van der Waals surface area contributed by atoms with Crippen LogP contribution >= 0.6 is 0 Å². The number of alkyl halides is 8. The molecule has 8 nitrogen and oxygen atoms in total. The lowest BCUT2D eigenvalue weighted by Crippen LogP contribution is -2.59. The molecule has 0 saturated carbocycles. The second-order valence-electron chi connectivity index (χ2n) is 5.81. The lowest BCUT2D eigenvalue weighted by molar-refractivity contribution is -0.386. The highest BCUT2D eigenvalue weighted by molar-refractivity contribution is 7.90. The normalized spacial score (nSPS) is 13.2. The molecule has 0 heterocycles. The maximum absolute atomic E-state index is 13.3. The van der Waals surface area contributed by atoms with E-state index in [1.165, 1.54) is 0 Å². The average molecular weight is 489 g/mol. The number of hydrogen-bond donors (Lipinski definition) is 0. The van der Waals surface area contributed by atoms with Crippen LogP contribution in [0.2, 0.25) is 0 Å². The van der Waals surface area contributed by atoms with Crippen LogP contribution < -0.4 is 4.74 Å². The standard InChI is InChI=1S/C14H11F8NO7S/c1-31(27,28)7-2-3-9(8(4-7)23(25)26)29-5-10(24)30-6-12(17,18)14(21,22)13(19,20)11(15)16/h2-4,11H,5-6H2,1H3. The minimum atomic E-state index is -6.59. The summed E-state index contributed by atoms with van der Waals surface area (Å²) >= 11 is 0. The first-order valence-electron chi connectivity index (χ1n) is 7.53. The molecule has 1 aromatic carbocycles. The Morgan fingerprint density at radius 3 is 2.16 bits per heavy atom. The molecule has 1 aromatic rings. The number of sulfone groups is 1. The molecule has 0 spiro atoms. The van der Waals surface area contributed by atoms with Crippen LogP contribution in [-0.2, 0) is 19.4 Å². The van der Waals surface area contributed by atoms with Crippen molar-refractivity contribution in [2.24, 2.45) is 0 Å². The summed E-state index contributed by atoms with van der Waals surface area (Å²) in [6, 6.07) is 2.08. The van der Waals surface area contributed by atoms with Gasteiger partial charge in [0, 0.05) is 12.3 Å². The molecule has 0 amide bonds. The maximum Gasteiger partial charge on any atom is 0.381 e. The molecule has 1 rings (SSSR count). The molecule has 0 aliphatic heterocycles. The first-order valence-corrected chi connectivity index (χ1v) is 9.42. The Morgan fingerprint density at radius 1 is 1.16 bits per heavy atom. The number of nitro benzene ring substituents is 1. The molecule has 0 fully saturated rings. The largest absolute Gasteiger partial charge is 0.475 e. The highest BCUT2D eigenvalue weighted by Gasteiger charge is 2.75. The van der Waals surface area contributed by atoms with Crippen molar-refractivity contribution in [2.45, 2.75) is 29.1 Å². The van der Waals surface area contributed by atoms with Crippen molar-refractivity contribution in [1.82, 2.24) is 0 Å². The van der Waals surface area contributed by atoms with Gasteiger partial charge >= 0.3 is 35.8 Å². The number of carbonyl (C=O) groups excluding carboxylic acids is 1. The summed E-state index contributed by atoms with van der Waals surface area (Å²) in [7, 11) is -3.88. The fourth-order valence-electron chi connectivity index (χ4n) is 1.81. The zero-order chi connectivity index (χ0) is 24.4. The third-order valence-corrected chi connectivity index (χ3v) is 4.58. The van der Waals surface area contributed by atoms with Gasteiger partial charge in [-0.1, -0.05) is 0 Å². The molecule has 0 unspecified atom stereocenters. The smallest absolute Gasteiger partial charge is 0.381 e. The predicted octanol–water partition coefficient (Wildman–Crippen LogP) is 3.09. The molecular weight excluding hydrogens is 478 g/mol. The molecule has 0 atom stereocenters. The first-order chi connectivity index (χ1) is 13.8. The third kappa shape index (κ3) is 5.71. The minimum Gasteiger partial charge on any atom is -0.475 e. The second kappa shape index (κ2) is 8.80. The molecule has 0 bridgehead atoms.